The van der Waals surface area contributed by atoms with Crippen molar-refractivity contribution >= 4 is 5.65 Å². The van der Waals surface area contributed by atoms with Crippen LogP contribution in [0.15, 0.2) is 42.6 Å². The number of ether oxygens (including phenoxy) is 2. The van der Waals surface area contributed by atoms with E-state index in [9.17, 15) is 4.39 Å². The first-order valence-electron chi connectivity index (χ1n) is 9.40. The molecule has 27 heavy (non-hydrogen) atoms. The SMILES string of the molecule is COC12CCC(c3nnc4c(COc5ccccc5F)cccn34)(CC1)C2. The third kappa shape index (κ3) is 2.54. The Bertz CT molecular complexity index is 992. The van der Waals surface area contributed by atoms with E-state index in [1.807, 2.05) is 25.4 Å². The number of aromatic nitrogens is 3. The number of nitrogens with zero attached hydrogens (tertiary/aromatic N) is 3. The van der Waals surface area contributed by atoms with E-state index < -0.39 is 0 Å². The zero-order valence-corrected chi connectivity index (χ0v) is 15.3. The minimum atomic E-state index is -0.363. The zero-order valence-electron chi connectivity index (χ0n) is 15.3. The minimum Gasteiger partial charge on any atom is -0.486 e. The molecule has 0 aliphatic heterocycles. The summed E-state index contributed by atoms with van der Waals surface area (Å²) in [6.07, 6.45) is 7.34. The number of halogens is 1. The second-order valence-corrected chi connectivity index (χ2v) is 7.81. The van der Waals surface area contributed by atoms with Crippen molar-refractivity contribution in [2.45, 2.75) is 49.7 Å². The van der Waals surface area contributed by atoms with Crippen molar-refractivity contribution < 1.29 is 13.9 Å². The molecule has 0 saturated heterocycles. The van der Waals surface area contributed by atoms with E-state index in [2.05, 4.69) is 14.6 Å². The fourth-order valence-corrected chi connectivity index (χ4v) is 4.90. The number of pyridine rings is 1. The normalized spacial score (nSPS) is 26.7. The minimum absolute atomic E-state index is 0.0113. The Morgan fingerprint density at radius 3 is 2.63 bits per heavy atom. The molecule has 1 aromatic carbocycles. The molecular weight excluding hydrogens is 345 g/mol. The van der Waals surface area contributed by atoms with Crippen molar-refractivity contribution in [3.8, 4) is 5.75 Å². The van der Waals surface area contributed by atoms with Crippen LogP contribution in [0.3, 0.4) is 0 Å². The number of methoxy groups -OCH3 is 1. The van der Waals surface area contributed by atoms with Crippen LogP contribution < -0.4 is 4.74 Å². The van der Waals surface area contributed by atoms with Gasteiger partial charge in [-0.05, 0) is 50.3 Å². The molecule has 2 aliphatic carbocycles. The summed E-state index contributed by atoms with van der Waals surface area (Å²) in [5.41, 5.74) is 1.72. The monoisotopic (exact) mass is 367 g/mol. The number of para-hydroxylation sites is 1. The Hall–Kier alpha value is -2.47. The number of rotatable bonds is 5. The van der Waals surface area contributed by atoms with Crippen LogP contribution in [0.5, 0.6) is 5.75 Å². The first kappa shape index (κ1) is 16.7. The second kappa shape index (κ2) is 6.02. The highest BCUT2D eigenvalue weighted by Gasteiger charge is 2.57. The third-order valence-electron chi connectivity index (χ3n) is 6.42. The number of benzene rings is 1. The Labute approximate surface area is 157 Å². The van der Waals surface area contributed by atoms with Crippen LogP contribution in [0.2, 0.25) is 0 Å². The fourth-order valence-electron chi connectivity index (χ4n) is 4.90. The van der Waals surface area contributed by atoms with Gasteiger partial charge in [-0.25, -0.2) is 4.39 Å². The molecule has 3 aromatic rings. The Morgan fingerprint density at radius 1 is 1.07 bits per heavy atom. The smallest absolute Gasteiger partial charge is 0.167 e. The quantitative estimate of drug-likeness (QED) is 0.683. The lowest BCUT2D eigenvalue weighted by Crippen LogP contribution is -2.24. The van der Waals surface area contributed by atoms with Gasteiger partial charge in [0.25, 0.3) is 0 Å². The largest absolute Gasteiger partial charge is 0.486 e. The van der Waals surface area contributed by atoms with Gasteiger partial charge in [-0.3, -0.25) is 4.40 Å². The third-order valence-corrected chi connectivity index (χ3v) is 6.42. The molecule has 6 heteroatoms. The zero-order chi connectivity index (χ0) is 18.5. The summed E-state index contributed by atoms with van der Waals surface area (Å²) in [4.78, 5) is 0. The molecule has 0 spiro atoms. The number of hydrogen-bond donors (Lipinski definition) is 0. The summed E-state index contributed by atoms with van der Waals surface area (Å²) in [7, 11) is 1.82. The van der Waals surface area contributed by atoms with Crippen LogP contribution in [-0.2, 0) is 16.8 Å². The van der Waals surface area contributed by atoms with Crippen molar-refractivity contribution in [1.82, 2.24) is 14.6 Å². The number of fused-ring (bicyclic) bond motifs is 3. The van der Waals surface area contributed by atoms with Crippen LogP contribution in [-0.4, -0.2) is 27.3 Å². The highest BCUT2D eigenvalue weighted by Crippen LogP contribution is 2.58. The van der Waals surface area contributed by atoms with Gasteiger partial charge in [0.05, 0.1) is 5.60 Å². The van der Waals surface area contributed by atoms with Gasteiger partial charge in [-0.1, -0.05) is 18.2 Å². The topological polar surface area (TPSA) is 48.7 Å². The van der Waals surface area contributed by atoms with Gasteiger partial charge in [0.15, 0.2) is 17.2 Å². The van der Waals surface area contributed by atoms with E-state index in [-0.39, 0.29) is 29.2 Å². The molecule has 5 rings (SSSR count). The second-order valence-electron chi connectivity index (χ2n) is 7.81. The summed E-state index contributed by atoms with van der Waals surface area (Å²) in [5, 5.41) is 9.03. The first-order chi connectivity index (χ1) is 13.1. The molecule has 140 valence electrons. The average molecular weight is 367 g/mol. The first-order valence-corrected chi connectivity index (χ1v) is 9.40. The van der Waals surface area contributed by atoms with Crippen molar-refractivity contribution in [1.29, 1.82) is 0 Å². The average Bonchev–Trinajstić information content (AvgIpc) is 3.40. The summed E-state index contributed by atoms with van der Waals surface area (Å²) < 4.78 is 27.4. The standard InChI is InChI=1S/C21H22FN3O2/c1-26-21-10-8-20(14-21,9-11-21)19-24-23-18-15(5-4-12-25(18)19)13-27-17-7-3-2-6-16(17)22/h2-7,12H,8-11,13-14H2,1H3. The molecule has 2 aromatic heterocycles. The molecule has 2 aliphatic rings. The van der Waals surface area contributed by atoms with Crippen molar-refractivity contribution in [2.24, 2.45) is 0 Å². The molecule has 0 amide bonds. The van der Waals surface area contributed by atoms with Crippen molar-refractivity contribution in [3.63, 3.8) is 0 Å². The van der Waals surface area contributed by atoms with E-state index in [1.54, 1.807) is 18.2 Å². The van der Waals surface area contributed by atoms with Crippen LogP contribution >= 0.6 is 0 Å². The summed E-state index contributed by atoms with van der Waals surface area (Å²) in [6, 6.07) is 10.4. The molecule has 0 atom stereocenters. The summed E-state index contributed by atoms with van der Waals surface area (Å²) >= 11 is 0. The maximum Gasteiger partial charge on any atom is 0.167 e. The van der Waals surface area contributed by atoms with Crippen molar-refractivity contribution in [3.05, 3.63) is 59.8 Å². The predicted octanol–water partition coefficient (Wildman–Crippen LogP) is 4.05. The molecule has 0 unspecified atom stereocenters. The van der Waals surface area contributed by atoms with E-state index in [0.717, 1.165) is 49.1 Å². The van der Waals surface area contributed by atoms with Gasteiger partial charge >= 0.3 is 0 Å². The molecule has 0 radical (unpaired) electrons. The lowest BCUT2D eigenvalue weighted by atomic mass is 9.83. The predicted molar refractivity (Wildman–Crippen MR) is 98.2 cm³/mol. The number of hydrogen-bond acceptors (Lipinski definition) is 4. The van der Waals surface area contributed by atoms with Gasteiger partial charge in [0.1, 0.15) is 12.4 Å². The summed E-state index contributed by atoms with van der Waals surface area (Å²) in [6.45, 7) is 0.248. The molecule has 2 saturated carbocycles. The van der Waals surface area contributed by atoms with Gasteiger partial charge in [-0.2, -0.15) is 0 Å². The van der Waals surface area contributed by atoms with Gasteiger partial charge in [0.2, 0.25) is 0 Å². The highest BCUT2D eigenvalue weighted by molar-refractivity contribution is 5.48. The van der Waals surface area contributed by atoms with Gasteiger partial charge in [0, 0.05) is 24.3 Å². The Balaban J connectivity index is 1.47. The molecule has 2 fully saturated rings. The highest BCUT2D eigenvalue weighted by atomic mass is 19.1. The van der Waals surface area contributed by atoms with E-state index in [0.29, 0.717) is 0 Å². The Morgan fingerprint density at radius 2 is 1.89 bits per heavy atom. The molecule has 5 nitrogen and oxygen atoms in total. The van der Waals surface area contributed by atoms with Crippen LogP contribution in [0, 0.1) is 5.82 Å². The van der Waals surface area contributed by atoms with E-state index in [4.69, 9.17) is 9.47 Å². The molecule has 2 bridgehead atoms. The maximum absolute atomic E-state index is 13.8. The molecule has 2 heterocycles. The lowest BCUT2D eigenvalue weighted by Gasteiger charge is -2.25. The van der Waals surface area contributed by atoms with E-state index >= 15 is 0 Å². The molecule has 0 N–H and O–H groups in total. The van der Waals surface area contributed by atoms with Gasteiger partial charge in [-0.15, -0.1) is 10.2 Å². The van der Waals surface area contributed by atoms with Crippen LogP contribution in [0.1, 0.15) is 43.5 Å². The Kier molecular flexibility index (Phi) is 3.72. The maximum atomic E-state index is 13.8. The van der Waals surface area contributed by atoms with Crippen LogP contribution in [0.4, 0.5) is 4.39 Å². The van der Waals surface area contributed by atoms with Gasteiger partial charge < -0.3 is 9.47 Å². The van der Waals surface area contributed by atoms with Crippen LogP contribution in [0.25, 0.3) is 5.65 Å². The lowest BCUT2D eigenvalue weighted by molar-refractivity contribution is -0.000310. The molecular formula is C21H22FN3O2. The fraction of sp³-hybridized carbons (Fsp3) is 0.429. The van der Waals surface area contributed by atoms with E-state index in [1.165, 1.54) is 6.07 Å². The van der Waals surface area contributed by atoms with Crippen molar-refractivity contribution in [2.75, 3.05) is 7.11 Å². The summed E-state index contributed by atoms with van der Waals surface area (Å²) in [5.74, 6) is 0.897.